The highest BCUT2D eigenvalue weighted by molar-refractivity contribution is 8.00. The van der Waals surface area contributed by atoms with Gasteiger partial charge in [0.25, 0.3) is 0 Å². The zero-order valence-corrected chi connectivity index (χ0v) is 16.2. The number of primary sulfonamides is 1. The van der Waals surface area contributed by atoms with Crippen molar-refractivity contribution in [3.8, 4) is 6.07 Å². The number of hydrogen-bond acceptors (Lipinski definition) is 6. The Morgan fingerprint density at radius 1 is 1.33 bits per heavy atom. The summed E-state index contributed by atoms with van der Waals surface area (Å²) in [7, 11) is -3.77. The van der Waals surface area contributed by atoms with E-state index in [2.05, 4.69) is 16.4 Å². The van der Waals surface area contributed by atoms with Gasteiger partial charge in [0, 0.05) is 11.4 Å². The van der Waals surface area contributed by atoms with Crippen LogP contribution >= 0.6 is 11.8 Å². The van der Waals surface area contributed by atoms with Gasteiger partial charge in [-0.1, -0.05) is 11.8 Å². The molecule has 0 radical (unpaired) electrons. The van der Waals surface area contributed by atoms with Crippen molar-refractivity contribution in [2.45, 2.75) is 41.4 Å². The molecule has 0 saturated heterocycles. The molecule has 3 rings (SSSR count). The number of aryl methyl sites for hydroxylation is 2. The maximum absolute atomic E-state index is 12.4. The van der Waals surface area contributed by atoms with Crippen LogP contribution < -0.4 is 10.5 Å². The van der Waals surface area contributed by atoms with Gasteiger partial charge in [-0.2, -0.15) is 5.26 Å². The molecule has 0 fully saturated rings. The first-order valence-corrected chi connectivity index (χ1v) is 10.7. The molecule has 0 saturated carbocycles. The third-order valence-electron chi connectivity index (χ3n) is 4.24. The van der Waals surface area contributed by atoms with E-state index in [9.17, 15) is 18.5 Å². The second kappa shape index (κ2) is 7.68. The average molecular weight is 403 g/mol. The summed E-state index contributed by atoms with van der Waals surface area (Å²) >= 11 is 1.23. The first-order valence-electron chi connectivity index (χ1n) is 8.31. The van der Waals surface area contributed by atoms with Gasteiger partial charge < -0.3 is 5.32 Å². The topological polar surface area (TPSA) is 126 Å². The number of sulfonamides is 1. The Morgan fingerprint density at radius 3 is 2.67 bits per heavy atom. The van der Waals surface area contributed by atoms with E-state index < -0.39 is 15.3 Å². The Labute approximate surface area is 162 Å². The van der Waals surface area contributed by atoms with E-state index in [1.807, 2.05) is 6.07 Å². The van der Waals surface area contributed by atoms with E-state index >= 15 is 0 Å². The summed E-state index contributed by atoms with van der Waals surface area (Å²) in [6.07, 6.45) is 2.87. The molecule has 7 nitrogen and oxygen atoms in total. The van der Waals surface area contributed by atoms with Gasteiger partial charge in [0.2, 0.25) is 15.9 Å². The second-order valence-electron chi connectivity index (χ2n) is 6.23. The molecule has 2 aromatic rings. The summed E-state index contributed by atoms with van der Waals surface area (Å²) in [5, 5.41) is 17.2. The molecule has 1 aliphatic rings. The lowest BCUT2D eigenvalue weighted by Gasteiger charge is -2.13. The van der Waals surface area contributed by atoms with Crippen LogP contribution in [-0.4, -0.2) is 24.6 Å². The Hall–Kier alpha value is -2.41. The van der Waals surface area contributed by atoms with Crippen LogP contribution in [-0.2, 0) is 27.7 Å². The van der Waals surface area contributed by atoms with Crippen LogP contribution in [0.4, 0.5) is 5.69 Å². The molecule has 3 N–H and O–H groups in total. The first kappa shape index (κ1) is 19.4. The molecular weight excluding hydrogens is 384 g/mol. The van der Waals surface area contributed by atoms with Gasteiger partial charge in [-0.3, -0.25) is 4.79 Å². The standard InChI is InChI=1S/C18H18N4O3S2/c1-11(17(23)21-14-5-7-15(8-6-14)27(20,24)25)26-18-13(10-19)9-12-3-2-4-16(12)22-18/h5-9,11H,2-4H2,1H3,(H,21,23)(H2,20,24,25). The predicted molar refractivity (Wildman–Crippen MR) is 103 cm³/mol. The van der Waals surface area contributed by atoms with Crippen molar-refractivity contribution < 1.29 is 13.2 Å². The highest BCUT2D eigenvalue weighted by Gasteiger charge is 2.21. The lowest BCUT2D eigenvalue weighted by atomic mass is 10.2. The van der Waals surface area contributed by atoms with Crippen molar-refractivity contribution in [2.24, 2.45) is 5.14 Å². The Bertz CT molecular complexity index is 1030. The van der Waals surface area contributed by atoms with Crippen molar-refractivity contribution >= 4 is 33.4 Å². The van der Waals surface area contributed by atoms with E-state index in [-0.39, 0.29) is 10.8 Å². The summed E-state index contributed by atoms with van der Waals surface area (Å²) in [5.74, 6) is -0.269. The average Bonchev–Trinajstić information content (AvgIpc) is 3.07. The quantitative estimate of drug-likeness (QED) is 0.739. The zero-order chi connectivity index (χ0) is 19.6. The van der Waals surface area contributed by atoms with Crippen LogP contribution in [0.25, 0.3) is 0 Å². The Balaban J connectivity index is 1.71. The van der Waals surface area contributed by atoms with E-state index in [0.29, 0.717) is 16.3 Å². The van der Waals surface area contributed by atoms with Crippen molar-refractivity contribution in [2.75, 3.05) is 5.32 Å². The third kappa shape index (κ3) is 4.47. The number of thioether (sulfide) groups is 1. The minimum Gasteiger partial charge on any atom is -0.325 e. The fourth-order valence-electron chi connectivity index (χ4n) is 2.82. The van der Waals surface area contributed by atoms with Gasteiger partial charge in [0.1, 0.15) is 11.1 Å². The highest BCUT2D eigenvalue weighted by atomic mass is 32.2. The number of carbonyl (C=O) groups is 1. The second-order valence-corrected chi connectivity index (χ2v) is 9.12. The van der Waals surface area contributed by atoms with Crippen molar-refractivity contribution in [3.05, 3.63) is 47.2 Å². The number of fused-ring (bicyclic) bond motifs is 1. The number of rotatable bonds is 5. The molecule has 1 atom stereocenters. The van der Waals surface area contributed by atoms with Crippen molar-refractivity contribution in [3.63, 3.8) is 0 Å². The molecule has 1 aromatic heterocycles. The molecule has 27 heavy (non-hydrogen) atoms. The van der Waals surface area contributed by atoms with Crippen molar-refractivity contribution in [1.29, 1.82) is 5.26 Å². The number of nitrogens with one attached hydrogen (secondary N) is 1. The Kier molecular flexibility index (Phi) is 5.51. The van der Waals surface area contributed by atoms with Gasteiger partial charge in [0.05, 0.1) is 15.7 Å². The zero-order valence-electron chi connectivity index (χ0n) is 14.6. The molecule has 9 heteroatoms. The van der Waals surface area contributed by atoms with Crippen LogP contribution in [0.5, 0.6) is 0 Å². The van der Waals surface area contributed by atoms with Crippen LogP contribution in [0.3, 0.4) is 0 Å². The van der Waals surface area contributed by atoms with E-state index in [0.717, 1.165) is 30.5 Å². The van der Waals surface area contributed by atoms with E-state index in [1.54, 1.807) is 6.92 Å². The fraction of sp³-hybridized carbons (Fsp3) is 0.278. The number of nitriles is 1. The van der Waals surface area contributed by atoms with E-state index in [4.69, 9.17) is 5.14 Å². The molecule has 0 spiro atoms. The number of anilines is 1. The largest absolute Gasteiger partial charge is 0.325 e. The number of benzene rings is 1. The fourth-order valence-corrected chi connectivity index (χ4v) is 4.23. The number of carbonyl (C=O) groups excluding carboxylic acids is 1. The van der Waals surface area contributed by atoms with Gasteiger partial charge in [-0.05, 0) is 62.1 Å². The molecular formula is C18H18N4O3S2. The molecule has 140 valence electrons. The third-order valence-corrected chi connectivity index (χ3v) is 6.28. The highest BCUT2D eigenvalue weighted by Crippen LogP contribution is 2.30. The lowest BCUT2D eigenvalue weighted by Crippen LogP contribution is -2.22. The Morgan fingerprint density at radius 2 is 2.04 bits per heavy atom. The molecule has 1 amide bonds. The first-order chi connectivity index (χ1) is 12.8. The van der Waals surface area contributed by atoms with Crippen LogP contribution in [0.2, 0.25) is 0 Å². The van der Waals surface area contributed by atoms with Gasteiger partial charge in [0.15, 0.2) is 0 Å². The molecule has 1 aromatic carbocycles. The number of amides is 1. The normalized spacial score (nSPS) is 14.3. The van der Waals surface area contributed by atoms with Gasteiger partial charge in [-0.25, -0.2) is 18.5 Å². The minimum atomic E-state index is -3.77. The van der Waals surface area contributed by atoms with Crippen LogP contribution in [0, 0.1) is 11.3 Å². The number of pyridine rings is 1. The van der Waals surface area contributed by atoms with Crippen LogP contribution in [0.15, 0.2) is 40.3 Å². The molecule has 1 unspecified atom stereocenters. The maximum atomic E-state index is 12.4. The smallest absolute Gasteiger partial charge is 0.238 e. The summed E-state index contributed by atoms with van der Waals surface area (Å²) in [6, 6.07) is 9.64. The lowest BCUT2D eigenvalue weighted by molar-refractivity contribution is -0.115. The number of aromatic nitrogens is 1. The maximum Gasteiger partial charge on any atom is 0.238 e. The summed E-state index contributed by atoms with van der Waals surface area (Å²) in [6.45, 7) is 1.73. The SMILES string of the molecule is CC(Sc1nc2c(cc1C#N)CCC2)C(=O)Nc1ccc(S(N)(=O)=O)cc1. The molecule has 0 bridgehead atoms. The number of hydrogen-bond donors (Lipinski definition) is 2. The molecule has 1 heterocycles. The number of nitrogens with two attached hydrogens (primary N) is 1. The summed E-state index contributed by atoms with van der Waals surface area (Å²) in [5.41, 5.74) is 3.06. The summed E-state index contributed by atoms with van der Waals surface area (Å²) < 4.78 is 22.5. The molecule has 1 aliphatic carbocycles. The van der Waals surface area contributed by atoms with Crippen molar-refractivity contribution in [1.82, 2.24) is 4.98 Å². The minimum absolute atomic E-state index is 0.0241. The van der Waals surface area contributed by atoms with Gasteiger partial charge >= 0.3 is 0 Å². The molecule has 0 aliphatic heterocycles. The summed E-state index contributed by atoms with van der Waals surface area (Å²) in [4.78, 5) is 17.0. The van der Waals surface area contributed by atoms with Gasteiger partial charge in [-0.15, -0.1) is 0 Å². The predicted octanol–water partition coefficient (Wildman–Crippen LogP) is 2.21. The monoisotopic (exact) mass is 402 g/mol. The van der Waals surface area contributed by atoms with E-state index in [1.165, 1.54) is 36.0 Å². The van der Waals surface area contributed by atoms with Crippen LogP contribution in [0.1, 0.15) is 30.2 Å². The number of nitrogens with zero attached hydrogens (tertiary/aromatic N) is 2.